The largest absolute Gasteiger partial charge is 0.354 e. The maximum atomic E-state index is 13.3. The molecule has 0 aliphatic rings. The number of carbonyl (C=O) groups is 1. The molecule has 1 N–H and O–H groups in total. The van der Waals surface area contributed by atoms with Crippen molar-refractivity contribution < 1.29 is 17.6 Å². The SMILES string of the molecule is CC(C)(C)SCCNC(=O)CN(c1cccc(F)c1)S(C)(=O)=O. The minimum absolute atomic E-state index is 0.102. The number of benzene rings is 1. The summed E-state index contributed by atoms with van der Waals surface area (Å²) in [6.07, 6.45) is 0.987. The molecule has 0 aliphatic heterocycles. The van der Waals surface area contributed by atoms with Gasteiger partial charge in [0.05, 0.1) is 11.9 Å². The van der Waals surface area contributed by atoms with E-state index in [1.165, 1.54) is 18.2 Å². The minimum atomic E-state index is -3.68. The maximum Gasteiger partial charge on any atom is 0.240 e. The van der Waals surface area contributed by atoms with Crippen LogP contribution in [0.3, 0.4) is 0 Å². The molecule has 0 fully saturated rings. The van der Waals surface area contributed by atoms with Gasteiger partial charge in [0.15, 0.2) is 0 Å². The highest BCUT2D eigenvalue weighted by atomic mass is 32.2. The van der Waals surface area contributed by atoms with E-state index >= 15 is 0 Å². The molecule has 1 aromatic rings. The third kappa shape index (κ3) is 7.69. The molecule has 130 valence electrons. The fourth-order valence-electron chi connectivity index (χ4n) is 1.77. The lowest BCUT2D eigenvalue weighted by atomic mass is 10.3. The highest BCUT2D eigenvalue weighted by Crippen LogP contribution is 2.22. The highest BCUT2D eigenvalue weighted by molar-refractivity contribution is 8.00. The smallest absolute Gasteiger partial charge is 0.240 e. The molecule has 0 radical (unpaired) electrons. The van der Waals surface area contributed by atoms with Gasteiger partial charge in [0, 0.05) is 17.0 Å². The number of amides is 1. The summed E-state index contributed by atoms with van der Waals surface area (Å²) in [7, 11) is -3.68. The Morgan fingerprint density at radius 1 is 1.35 bits per heavy atom. The summed E-state index contributed by atoms with van der Waals surface area (Å²) >= 11 is 1.70. The molecule has 0 saturated heterocycles. The van der Waals surface area contributed by atoms with Gasteiger partial charge in [-0.2, -0.15) is 11.8 Å². The van der Waals surface area contributed by atoms with E-state index in [0.29, 0.717) is 6.54 Å². The molecule has 8 heteroatoms. The van der Waals surface area contributed by atoms with E-state index in [2.05, 4.69) is 26.1 Å². The van der Waals surface area contributed by atoms with Crippen LogP contribution in [0.5, 0.6) is 0 Å². The van der Waals surface area contributed by atoms with Gasteiger partial charge in [-0.1, -0.05) is 26.8 Å². The molecule has 1 rings (SSSR count). The van der Waals surface area contributed by atoms with Crippen LogP contribution in [0.15, 0.2) is 24.3 Å². The van der Waals surface area contributed by atoms with Crippen LogP contribution in [0.2, 0.25) is 0 Å². The third-order valence-electron chi connectivity index (χ3n) is 2.74. The van der Waals surface area contributed by atoms with Crippen LogP contribution in [0.4, 0.5) is 10.1 Å². The topological polar surface area (TPSA) is 66.5 Å². The molecule has 23 heavy (non-hydrogen) atoms. The third-order valence-corrected chi connectivity index (χ3v) is 5.16. The van der Waals surface area contributed by atoms with Crippen molar-refractivity contribution in [2.24, 2.45) is 0 Å². The first-order valence-electron chi connectivity index (χ1n) is 7.13. The van der Waals surface area contributed by atoms with E-state index in [1.54, 1.807) is 11.8 Å². The van der Waals surface area contributed by atoms with Gasteiger partial charge in [0.1, 0.15) is 12.4 Å². The Bertz CT molecular complexity index is 642. The fourth-order valence-corrected chi connectivity index (χ4v) is 3.43. The van der Waals surface area contributed by atoms with Crippen molar-refractivity contribution in [2.75, 3.05) is 29.4 Å². The van der Waals surface area contributed by atoms with Crippen molar-refractivity contribution in [3.05, 3.63) is 30.1 Å². The Balaban J connectivity index is 2.67. The number of rotatable bonds is 7. The molecule has 5 nitrogen and oxygen atoms in total. The predicted octanol–water partition coefficient (Wildman–Crippen LogP) is 2.24. The Hall–Kier alpha value is -1.28. The normalized spacial score (nSPS) is 12.0. The number of hydrogen-bond acceptors (Lipinski definition) is 4. The zero-order valence-corrected chi connectivity index (χ0v) is 15.4. The summed E-state index contributed by atoms with van der Waals surface area (Å²) in [4.78, 5) is 12.0. The Morgan fingerprint density at radius 2 is 2.00 bits per heavy atom. The first-order valence-corrected chi connectivity index (χ1v) is 9.96. The molecule has 0 aromatic heterocycles. The van der Waals surface area contributed by atoms with Crippen LogP contribution in [0.1, 0.15) is 20.8 Å². The second kappa shape index (κ2) is 8.01. The van der Waals surface area contributed by atoms with Gasteiger partial charge in [-0.25, -0.2) is 12.8 Å². The number of halogens is 1. The summed E-state index contributed by atoms with van der Waals surface area (Å²) in [6, 6.07) is 5.16. The Labute approximate surface area is 141 Å². The lowest BCUT2D eigenvalue weighted by Crippen LogP contribution is -2.41. The first kappa shape index (κ1) is 19.8. The molecular formula is C15H23FN2O3S2. The van der Waals surface area contributed by atoms with Gasteiger partial charge in [-0.3, -0.25) is 9.10 Å². The molecule has 0 atom stereocenters. The predicted molar refractivity (Wildman–Crippen MR) is 93.8 cm³/mol. The van der Waals surface area contributed by atoms with Crippen molar-refractivity contribution in [1.29, 1.82) is 0 Å². The summed E-state index contributed by atoms with van der Waals surface area (Å²) in [5, 5.41) is 2.68. The van der Waals surface area contributed by atoms with Gasteiger partial charge in [0.2, 0.25) is 15.9 Å². The zero-order chi connectivity index (χ0) is 17.7. The van der Waals surface area contributed by atoms with E-state index in [4.69, 9.17) is 0 Å². The monoisotopic (exact) mass is 362 g/mol. The fraction of sp³-hybridized carbons (Fsp3) is 0.533. The van der Waals surface area contributed by atoms with Crippen LogP contribution >= 0.6 is 11.8 Å². The quantitative estimate of drug-likeness (QED) is 0.756. The summed E-state index contributed by atoms with van der Waals surface area (Å²) < 4.78 is 38.0. The van der Waals surface area contributed by atoms with E-state index in [1.807, 2.05) is 0 Å². The number of sulfonamides is 1. The summed E-state index contributed by atoms with van der Waals surface area (Å²) in [5.41, 5.74) is 0.131. The lowest BCUT2D eigenvalue weighted by Gasteiger charge is -2.22. The van der Waals surface area contributed by atoms with Crippen molar-refractivity contribution in [3.63, 3.8) is 0 Å². The van der Waals surface area contributed by atoms with Crippen molar-refractivity contribution in [1.82, 2.24) is 5.32 Å². The molecule has 0 aliphatic carbocycles. The van der Waals surface area contributed by atoms with Gasteiger partial charge >= 0.3 is 0 Å². The molecule has 0 bridgehead atoms. The number of thioether (sulfide) groups is 1. The van der Waals surface area contributed by atoms with Crippen LogP contribution in [-0.4, -0.2) is 44.2 Å². The standard InChI is InChI=1S/C15H23FN2O3S2/c1-15(2,3)22-9-8-17-14(19)11-18(23(4,20)21)13-7-5-6-12(16)10-13/h5-7,10H,8-9,11H2,1-4H3,(H,17,19). The van der Waals surface area contributed by atoms with Gasteiger partial charge in [0.25, 0.3) is 0 Å². The molecule has 0 heterocycles. The van der Waals surface area contributed by atoms with Crippen molar-refractivity contribution >= 4 is 33.4 Å². The van der Waals surface area contributed by atoms with E-state index in [9.17, 15) is 17.6 Å². The first-order chi connectivity index (χ1) is 10.5. The van der Waals surface area contributed by atoms with Crippen LogP contribution < -0.4 is 9.62 Å². The van der Waals surface area contributed by atoms with Crippen molar-refractivity contribution in [2.45, 2.75) is 25.5 Å². The molecule has 0 unspecified atom stereocenters. The van der Waals surface area contributed by atoms with Crippen molar-refractivity contribution in [3.8, 4) is 0 Å². The molecular weight excluding hydrogens is 339 g/mol. The van der Waals surface area contributed by atoms with Crippen LogP contribution in [0, 0.1) is 5.82 Å². The molecule has 0 spiro atoms. The highest BCUT2D eigenvalue weighted by Gasteiger charge is 2.21. The Kier molecular flexibility index (Phi) is 6.88. The summed E-state index contributed by atoms with van der Waals surface area (Å²) in [6.45, 7) is 6.31. The molecule has 0 saturated carbocycles. The van der Waals surface area contributed by atoms with Gasteiger partial charge in [-0.15, -0.1) is 0 Å². The number of hydrogen-bond donors (Lipinski definition) is 1. The van der Waals surface area contributed by atoms with Crippen LogP contribution in [-0.2, 0) is 14.8 Å². The van der Waals surface area contributed by atoms with E-state index in [-0.39, 0.29) is 17.0 Å². The van der Waals surface area contributed by atoms with E-state index < -0.39 is 21.7 Å². The number of carbonyl (C=O) groups excluding carboxylic acids is 1. The zero-order valence-electron chi connectivity index (χ0n) is 13.8. The summed E-state index contributed by atoms with van der Waals surface area (Å²) in [5.74, 6) is -0.249. The second-order valence-electron chi connectivity index (χ2n) is 6.06. The van der Waals surface area contributed by atoms with Crippen LogP contribution in [0.25, 0.3) is 0 Å². The Morgan fingerprint density at radius 3 is 2.52 bits per heavy atom. The van der Waals surface area contributed by atoms with E-state index in [0.717, 1.165) is 22.4 Å². The maximum absolute atomic E-state index is 13.3. The number of anilines is 1. The number of nitrogens with zero attached hydrogens (tertiary/aromatic N) is 1. The van der Waals surface area contributed by atoms with Gasteiger partial charge in [-0.05, 0) is 18.2 Å². The average molecular weight is 362 g/mol. The lowest BCUT2D eigenvalue weighted by molar-refractivity contribution is -0.119. The average Bonchev–Trinajstić information content (AvgIpc) is 2.38. The molecule has 1 amide bonds. The second-order valence-corrected chi connectivity index (χ2v) is 9.89. The van der Waals surface area contributed by atoms with Gasteiger partial charge < -0.3 is 5.32 Å². The molecule has 1 aromatic carbocycles. The number of nitrogens with one attached hydrogen (secondary N) is 1. The minimum Gasteiger partial charge on any atom is -0.354 e.